The third-order valence-electron chi connectivity index (χ3n) is 2.43. The van der Waals surface area contributed by atoms with Crippen LogP contribution in [0.15, 0.2) is 18.2 Å². The summed E-state index contributed by atoms with van der Waals surface area (Å²) >= 11 is 0. The summed E-state index contributed by atoms with van der Waals surface area (Å²) in [6, 6.07) is 5.98. The van der Waals surface area contributed by atoms with Crippen molar-refractivity contribution in [1.29, 1.82) is 0 Å². The Morgan fingerprint density at radius 3 is 2.40 bits per heavy atom. The Morgan fingerprint density at radius 2 is 1.87 bits per heavy atom. The van der Waals surface area contributed by atoms with E-state index >= 15 is 0 Å². The summed E-state index contributed by atoms with van der Waals surface area (Å²) in [6.45, 7) is 2.84. The van der Waals surface area contributed by atoms with Crippen LogP contribution in [-0.4, -0.2) is 20.8 Å². The number of ether oxygens (including phenoxy) is 2. The first-order chi connectivity index (χ1) is 7.21. The summed E-state index contributed by atoms with van der Waals surface area (Å²) < 4.78 is 10.4. The van der Waals surface area contributed by atoms with E-state index in [1.54, 1.807) is 14.2 Å². The van der Waals surface area contributed by atoms with Gasteiger partial charge in [0.25, 0.3) is 0 Å². The normalized spacial score (nSPS) is 12.3. The van der Waals surface area contributed by atoms with Crippen molar-refractivity contribution in [3.8, 4) is 11.5 Å². The molecule has 0 amide bonds. The van der Waals surface area contributed by atoms with Gasteiger partial charge in [-0.15, -0.1) is 0 Å². The van der Waals surface area contributed by atoms with Crippen LogP contribution < -0.4 is 15.2 Å². The van der Waals surface area contributed by atoms with E-state index in [2.05, 4.69) is 6.92 Å². The van der Waals surface area contributed by atoms with Crippen molar-refractivity contribution in [3.63, 3.8) is 0 Å². The van der Waals surface area contributed by atoms with E-state index in [-0.39, 0.29) is 0 Å². The van der Waals surface area contributed by atoms with Gasteiger partial charge in [0.15, 0.2) is 11.5 Å². The van der Waals surface area contributed by atoms with Gasteiger partial charge in [-0.1, -0.05) is 13.0 Å². The van der Waals surface area contributed by atoms with Gasteiger partial charge in [-0.05, 0) is 36.6 Å². The third kappa shape index (κ3) is 3.13. The Morgan fingerprint density at radius 1 is 1.20 bits per heavy atom. The monoisotopic (exact) mass is 209 g/mol. The molecule has 0 aliphatic rings. The highest BCUT2D eigenvalue weighted by Crippen LogP contribution is 2.28. The highest BCUT2D eigenvalue weighted by molar-refractivity contribution is 5.42. The van der Waals surface area contributed by atoms with Crippen molar-refractivity contribution in [1.82, 2.24) is 0 Å². The summed E-state index contributed by atoms with van der Waals surface area (Å²) in [5.74, 6) is 2.03. The molecule has 3 heteroatoms. The van der Waals surface area contributed by atoms with E-state index in [1.807, 2.05) is 18.2 Å². The molecule has 1 aromatic rings. The Labute approximate surface area is 91.2 Å². The molecule has 1 aromatic carbocycles. The molecule has 1 unspecified atom stereocenters. The molecule has 0 saturated carbocycles. The Balaban J connectivity index is 2.83. The zero-order valence-corrected chi connectivity index (χ0v) is 9.62. The van der Waals surface area contributed by atoms with Crippen molar-refractivity contribution in [2.45, 2.75) is 13.3 Å². The van der Waals surface area contributed by atoms with Crippen LogP contribution in [0.25, 0.3) is 0 Å². The van der Waals surface area contributed by atoms with Gasteiger partial charge in [0.2, 0.25) is 0 Å². The van der Waals surface area contributed by atoms with Gasteiger partial charge >= 0.3 is 0 Å². The Hall–Kier alpha value is -1.22. The molecule has 3 nitrogen and oxygen atoms in total. The standard InChI is InChI=1S/C12H19NO2/c1-9(8-13)6-10-4-5-11(14-2)12(7-10)15-3/h4-5,7,9H,6,8,13H2,1-3H3. The minimum atomic E-state index is 0.489. The number of rotatable bonds is 5. The number of nitrogens with two attached hydrogens (primary N) is 1. The summed E-state index contributed by atoms with van der Waals surface area (Å²) in [5.41, 5.74) is 6.82. The van der Waals surface area contributed by atoms with Gasteiger partial charge < -0.3 is 15.2 Å². The van der Waals surface area contributed by atoms with Crippen LogP contribution in [0.3, 0.4) is 0 Å². The van der Waals surface area contributed by atoms with E-state index in [9.17, 15) is 0 Å². The van der Waals surface area contributed by atoms with Gasteiger partial charge in [-0.2, -0.15) is 0 Å². The average molecular weight is 209 g/mol. The minimum Gasteiger partial charge on any atom is -0.493 e. The molecule has 0 bridgehead atoms. The second-order valence-corrected chi connectivity index (χ2v) is 3.73. The van der Waals surface area contributed by atoms with Crippen molar-refractivity contribution in [2.75, 3.05) is 20.8 Å². The maximum absolute atomic E-state index is 5.59. The van der Waals surface area contributed by atoms with Crippen molar-refractivity contribution in [2.24, 2.45) is 11.7 Å². The molecule has 0 spiro atoms. The molecular formula is C12H19NO2. The fourth-order valence-electron chi connectivity index (χ4n) is 1.49. The van der Waals surface area contributed by atoms with Gasteiger partial charge in [0.1, 0.15) is 0 Å². The van der Waals surface area contributed by atoms with Crippen molar-refractivity contribution >= 4 is 0 Å². The quantitative estimate of drug-likeness (QED) is 0.804. The van der Waals surface area contributed by atoms with E-state index in [4.69, 9.17) is 15.2 Å². The second-order valence-electron chi connectivity index (χ2n) is 3.73. The first-order valence-corrected chi connectivity index (χ1v) is 5.12. The van der Waals surface area contributed by atoms with Crippen molar-refractivity contribution in [3.05, 3.63) is 23.8 Å². The zero-order valence-electron chi connectivity index (χ0n) is 9.62. The summed E-state index contributed by atoms with van der Waals surface area (Å²) in [5, 5.41) is 0. The molecule has 1 atom stereocenters. The van der Waals surface area contributed by atoms with E-state index in [0.29, 0.717) is 12.5 Å². The molecule has 0 aromatic heterocycles. The highest BCUT2D eigenvalue weighted by Gasteiger charge is 2.06. The molecule has 0 aliphatic carbocycles. The lowest BCUT2D eigenvalue weighted by Gasteiger charge is -2.12. The molecule has 0 aliphatic heterocycles. The number of methoxy groups -OCH3 is 2. The minimum absolute atomic E-state index is 0.489. The van der Waals surface area contributed by atoms with E-state index < -0.39 is 0 Å². The van der Waals surface area contributed by atoms with E-state index in [0.717, 1.165) is 17.9 Å². The molecule has 1 rings (SSSR count). The van der Waals surface area contributed by atoms with Crippen molar-refractivity contribution < 1.29 is 9.47 Å². The van der Waals surface area contributed by atoms with Gasteiger partial charge in [0, 0.05) is 0 Å². The smallest absolute Gasteiger partial charge is 0.160 e. The lowest BCUT2D eigenvalue weighted by atomic mass is 10.0. The van der Waals surface area contributed by atoms with Crippen LogP contribution in [0.2, 0.25) is 0 Å². The lowest BCUT2D eigenvalue weighted by Crippen LogP contribution is -2.13. The number of hydrogen-bond acceptors (Lipinski definition) is 3. The summed E-state index contributed by atoms with van der Waals surface area (Å²) in [4.78, 5) is 0. The van der Waals surface area contributed by atoms with Crippen LogP contribution in [0, 0.1) is 5.92 Å². The molecule has 15 heavy (non-hydrogen) atoms. The predicted molar refractivity (Wildman–Crippen MR) is 61.5 cm³/mol. The molecule has 0 heterocycles. The summed E-state index contributed by atoms with van der Waals surface area (Å²) in [6.07, 6.45) is 0.969. The van der Waals surface area contributed by atoms with Crippen LogP contribution >= 0.6 is 0 Å². The SMILES string of the molecule is COc1ccc(CC(C)CN)cc1OC. The van der Waals surface area contributed by atoms with Crippen LogP contribution in [0.5, 0.6) is 11.5 Å². The first-order valence-electron chi connectivity index (χ1n) is 5.12. The average Bonchev–Trinajstić information content (AvgIpc) is 2.28. The number of hydrogen-bond donors (Lipinski definition) is 1. The van der Waals surface area contributed by atoms with E-state index in [1.165, 1.54) is 5.56 Å². The topological polar surface area (TPSA) is 44.5 Å². The first kappa shape index (κ1) is 11.9. The molecule has 2 N–H and O–H groups in total. The summed E-state index contributed by atoms with van der Waals surface area (Å²) in [7, 11) is 3.29. The highest BCUT2D eigenvalue weighted by atomic mass is 16.5. The Kier molecular flexibility index (Phi) is 4.43. The number of benzene rings is 1. The zero-order chi connectivity index (χ0) is 11.3. The van der Waals surface area contributed by atoms with Gasteiger partial charge in [-0.3, -0.25) is 0 Å². The lowest BCUT2D eigenvalue weighted by molar-refractivity contribution is 0.354. The molecular weight excluding hydrogens is 190 g/mol. The molecule has 0 saturated heterocycles. The molecule has 0 radical (unpaired) electrons. The van der Waals surface area contributed by atoms with Gasteiger partial charge in [0.05, 0.1) is 14.2 Å². The fraction of sp³-hybridized carbons (Fsp3) is 0.500. The largest absolute Gasteiger partial charge is 0.493 e. The van der Waals surface area contributed by atoms with Crippen LogP contribution in [0.4, 0.5) is 0 Å². The molecule has 84 valence electrons. The van der Waals surface area contributed by atoms with Crippen LogP contribution in [0.1, 0.15) is 12.5 Å². The predicted octanol–water partition coefficient (Wildman–Crippen LogP) is 1.84. The maximum atomic E-state index is 5.59. The third-order valence-corrected chi connectivity index (χ3v) is 2.43. The fourth-order valence-corrected chi connectivity index (χ4v) is 1.49. The van der Waals surface area contributed by atoms with Gasteiger partial charge in [-0.25, -0.2) is 0 Å². The second kappa shape index (κ2) is 5.61. The maximum Gasteiger partial charge on any atom is 0.160 e. The Bertz CT molecular complexity index is 312. The molecule has 0 fully saturated rings. The van der Waals surface area contributed by atoms with Crippen LogP contribution in [-0.2, 0) is 6.42 Å².